The number of carbonyl (C=O) groups excluding carboxylic acids is 1. The van der Waals surface area contributed by atoms with Gasteiger partial charge in [-0.25, -0.2) is 4.79 Å². The summed E-state index contributed by atoms with van der Waals surface area (Å²) in [6.45, 7) is 2.09. The minimum atomic E-state index is -0.546. The molecule has 0 saturated carbocycles. The van der Waals surface area contributed by atoms with Crippen molar-refractivity contribution >= 4 is 5.97 Å². The maximum Gasteiger partial charge on any atom is 0.342 e. The van der Waals surface area contributed by atoms with Gasteiger partial charge >= 0.3 is 5.97 Å². The molecule has 2 aliphatic rings. The van der Waals surface area contributed by atoms with Crippen LogP contribution in [0.3, 0.4) is 0 Å². The lowest BCUT2D eigenvalue weighted by Crippen LogP contribution is -2.29. The maximum absolute atomic E-state index is 12.2. The number of esters is 1. The molecular formula is C16H20O6. The number of benzene rings is 1. The summed E-state index contributed by atoms with van der Waals surface area (Å²) >= 11 is 0. The Balaban J connectivity index is 2.07. The van der Waals surface area contributed by atoms with E-state index in [9.17, 15) is 9.90 Å². The largest absolute Gasteiger partial charge is 0.504 e. The SMILES string of the molecule is CCC[C@H]1CC2OC(=O)c3c(cc(OC)c(OC)c3O)[C@H]2O1. The molecule has 22 heavy (non-hydrogen) atoms. The van der Waals surface area contributed by atoms with Gasteiger partial charge in [-0.05, 0) is 12.5 Å². The van der Waals surface area contributed by atoms with Crippen molar-refractivity contribution in [1.29, 1.82) is 0 Å². The van der Waals surface area contributed by atoms with Crippen molar-refractivity contribution in [3.05, 3.63) is 17.2 Å². The molecule has 1 saturated heterocycles. The van der Waals surface area contributed by atoms with Crippen LogP contribution >= 0.6 is 0 Å². The van der Waals surface area contributed by atoms with E-state index in [4.69, 9.17) is 18.9 Å². The fourth-order valence-electron chi connectivity index (χ4n) is 3.25. The number of ether oxygens (including phenoxy) is 4. The molecule has 2 heterocycles. The van der Waals surface area contributed by atoms with Gasteiger partial charge in [0.2, 0.25) is 5.75 Å². The highest BCUT2D eigenvalue weighted by molar-refractivity contribution is 5.97. The minimum absolute atomic E-state index is 0.0639. The first-order valence-electron chi connectivity index (χ1n) is 7.44. The topological polar surface area (TPSA) is 74.2 Å². The summed E-state index contributed by atoms with van der Waals surface area (Å²) < 4.78 is 21.8. The summed E-state index contributed by atoms with van der Waals surface area (Å²) in [6, 6.07) is 1.69. The van der Waals surface area contributed by atoms with Gasteiger partial charge in [0.05, 0.1) is 20.3 Å². The second-order valence-corrected chi connectivity index (χ2v) is 5.57. The van der Waals surface area contributed by atoms with E-state index in [1.54, 1.807) is 6.07 Å². The van der Waals surface area contributed by atoms with Gasteiger partial charge < -0.3 is 24.1 Å². The number of hydrogen-bond acceptors (Lipinski definition) is 6. The van der Waals surface area contributed by atoms with Crippen LogP contribution in [0.1, 0.15) is 48.2 Å². The zero-order chi connectivity index (χ0) is 15.9. The monoisotopic (exact) mass is 308 g/mol. The third-order valence-electron chi connectivity index (χ3n) is 4.23. The smallest absolute Gasteiger partial charge is 0.342 e. The minimum Gasteiger partial charge on any atom is -0.504 e. The summed E-state index contributed by atoms with van der Waals surface area (Å²) in [6.07, 6.45) is 1.98. The third kappa shape index (κ3) is 2.18. The first-order valence-corrected chi connectivity index (χ1v) is 7.44. The van der Waals surface area contributed by atoms with Gasteiger partial charge in [-0.2, -0.15) is 0 Å². The van der Waals surface area contributed by atoms with Crippen molar-refractivity contribution in [2.24, 2.45) is 0 Å². The molecule has 1 unspecified atom stereocenters. The fourth-order valence-corrected chi connectivity index (χ4v) is 3.25. The average molecular weight is 308 g/mol. The Kier molecular flexibility index (Phi) is 3.87. The lowest BCUT2D eigenvalue weighted by molar-refractivity contribution is -0.0235. The van der Waals surface area contributed by atoms with Crippen molar-refractivity contribution in [2.75, 3.05) is 14.2 Å². The van der Waals surface area contributed by atoms with Gasteiger partial charge in [0.1, 0.15) is 17.8 Å². The van der Waals surface area contributed by atoms with Gasteiger partial charge in [-0.1, -0.05) is 13.3 Å². The predicted molar refractivity (Wildman–Crippen MR) is 77.6 cm³/mol. The van der Waals surface area contributed by atoms with Gasteiger partial charge in [-0.15, -0.1) is 0 Å². The van der Waals surface area contributed by atoms with E-state index in [-0.39, 0.29) is 35.4 Å². The Morgan fingerprint density at radius 2 is 2.14 bits per heavy atom. The molecule has 0 amide bonds. The van der Waals surface area contributed by atoms with Crippen LogP contribution in [0.25, 0.3) is 0 Å². The molecule has 0 bridgehead atoms. The van der Waals surface area contributed by atoms with Crippen LogP contribution in [0.2, 0.25) is 0 Å². The van der Waals surface area contributed by atoms with Crippen LogP contribution in [-0.2, 0) is 9.47 Å². The van der Waals surface area contributed by atoms with E-state index < -0.39 is 5.97 Å². The number of phenolic OH excluding ortho intramolecular Hbond substituents is 1. The Hall–Kier alpha value is -1.95. The van der Waals surface area contributed by atoms with Gasteiger partial charge in [0.15, 0.2) is 11.5 Å². The molecule has 2 aliphatic heterocycles. The number of aromatic hydroxyl groups is 1. The lowest BCUT2D eigenvalue weighted by Gasteiger charge is -2.28. The molecule has 1 aromatic rings. The molecule has 0 spiro atoms. The van der Waals surface area contributed by atoms with E-state index in [1.165, 1.54) is 14.2 Å². The highest BCUT2D eigenvalue weighted by atomic mass is 16.6. The Bertz CT molecular complexity index is 597. The summed E-state index contributed by atoms with van der Waals surface area (Å²) in [5.41, 5.74) is 0.714. The zero-order valence-corrected chi connectivity index (χ0v) is 12.9. The van der Waals surface area contributed by atoms with E-state index in [0.717, 1.165) is 12.8 Å². The van der Waals surface area contributed by atoms with Crippen LogP contribution in [0.5, 0.6) is 17.2 Å². The normalized spacial score (nSPS) is 26.1. The highest BCUT2D eigenvalue weighted by Gasteiger charge is 2.46. The van der Waals surface area contributed by atoms with E-state index in [0.29, 0.717) is 17.7 Å². The summed E-state index contributed by atoms with van der Waals surface area (Å²) in [5.74, 6) is -0.312. The second-order valence-electron chi connectivity index (χ2n) is 5.57. The maximum atomic E-state index is 12.2. The Morgan fingerprint density at radius 3 is 2.77 bits per heavy atom. The molecule has 120 valence electrons. The Morgan fingerprint density at radius 1 is 1.36 bits per heavy atom. The van der Waals surface area contributed by atoms with E-state index in [1.807, 2.05) is 0 Å². The summed E-state index contributed by atoms with van der Waals surface area (Å²) in [4.78, 5) is 12.2. The second kappa shape index (κ2) is 5.68. The molecule has 0 radical (unpaired) electrons. The van der Waals surface area contributed by atoms with Crippen LogP contribution < -0.4 is 9.47 Å². The third-order valence-corrected chi connectivity index (χ3v) is 4.23. The lowest BCUT2D eigenvalue weighted by atomic mass is 9.93. The molecule has 0 aliphatic carbocycles. The molecule has 1 N–H and O–H groups in total. The molecule has 6 nitrogen and oxygen atoms in total. The van der Waals surface area contributed by atoms with Crippen LogP contribution in [0.15, 0.2) is 6.07 Å². The van der Waals surface area contributed by atoms with Crippen molar-refractivity contribution in [1.82, 2.24) is 0 Å². The van der Waals surface area contributed by atoms with Crippen molar-refractivity contribution in [3.63, 3.8) is 0 Å². The van der Waals surface area contributed by atoms with Crippen LogP contribution in [0, 0.1) is 0 Å². The number of rotatable bonds is 4. The molecule has 3 atom stereocenters. The average Bonchev–Trinajstić information content (AvgIpc) is 2.89. The van der Waals surface area contributed by atoms with Gasteiger partial charge in [0, 0.05) is 12.0 Å². The quantitative estimate of drug-likeness (QED) is 0.862. The predicted octanol–water partition coefficient (Wildman–Crippen LogP) is 2.58. The number of hydrogen-bond donors (Lipinski definition) is 1. The van der Waals surface area contributed by atoms with Crippen LogP contribution in [0.4, 0.5) is 0 Å². The van der Waals surface area contributed by atoms with Crippen molar-refractivity contribution in [3.8, 4) is 17.2 Å². The van der Waals surface area contributed by atoms with Gasteiger partial charge in [-0.3, -0.25) is 0 Å². The zero-order valence-electron chi connectivity index (χ0n) is 12.9. The fraction of sp³-hybridized carbons (Fsp3) is 0.562. The molecule has 0 aromatic heterocycles. The molecule has 1 fully saturated rings. The number of methoxy groups -OCH3 is 2. The number of carbonyl (C=O) groups is 1. The Labute approximate surface area is 128 Å². The summed E-state index contributed by atoms with van der Waals surface area (Å²) in [7, 11) is 2.89. The number of phenols is 1. The molecular weight excluding hydrogens is 288 g/mol. The van der Waals surface area contributed by atoms with Gasteiger partial charge in [0.25, 0.3) is 0 Å². The molecule has 3 rings (SSSR count). The first-order chi connectivity index (χ1) is 10.6. The van der Waals surface area contributed by atoms with Crippen molar-refractivity contribution < 1.29 is 28.8 Å². The van der Waals surface area contributed by atoms with Crippen molar-refractivity contribution in [2.45, 2.75) is 44.5 Å². The molecule has 1 aromatic carbocycles. The number of fused-ring (bicyclic) bond motifs is 3. The van der Waals surface area contributed by atoms with E-state index >= 15 is 0 Å². The first kappa shape index (κ1) is 15.0. The van der Waals surface area contributed by atoms with Crippen LogP contribution in [-0.4, -0.2) is 37.5 Å². The molecule has 6 heteroatoms. The van der Waals surface area contributed by atoms with E-state index in [2.05, 4.69) is 6.92 Å². The summed E-state index contributed by atoms with van der Waals surface area (Å²) in [5, 5.41) is 10.3. The standard InChI is InChI=1S/C16H20O6/c1-4-5-8-6-11-14(21-8)9-7-10(19-2)15(20-3)13(17)12(9)16(18)22-11/h7-8,11,14,17H,4-6H2,1-3H3/t8-,11?,14+/m0/s1. The highest BCUT2D eigenvalue weighted by Crippen LogP contribution is 2.49.